The summed E-state index contributed by atoms with van der Waals surface area (Å²) in [6, 6.07) is 7.72. The van der Waals surface area contributed by atoms with E-state index in [1.54, 1.807) is 6.07 Å². The zero-order valence-electron chi connectivity index (χ0n) is 13.0. The summed E-state index contributed by atoms with van der Waals surface area (Å²) in [5, 5.41) is 2.96. The Labute approximate surface area is 130 Å². The van der Waals surface area contributed by atoms with E-state index in [1.807, 2.05) is 32.0 Å². The predicted molar refractivity (Wildman–Crippen MR) is 87.3 cm³/mol. The third-order valence-corrected chi connectivity index (χ3v) is 4.03. The van der Waals surface area contributed by atoms with E-state index in [0.717, 1.165) is 35.7 Å². The van der Waals surface area contributed by atoms with E-state index < -0.39 is 0 Å². The van der Waals surface area contributed by atoms with Crippen molar-refractivity contribution in [2.24, 2.45) is 0 Å². The van der Waals surface area contributed by atoms with Crippen molar-refractivity contribution in [2.75, 3.05) is 23.3 Å². The lowest BCUT2D eigenvalue weighted by Crippen LogP contribution is -2.21. The summed E-state index contributed by atoms with van der Waals surface area (Å²) < 4.78 is 0. The maximum Gasteiger partial charge on any atom is 0.274 e. The average Bonchev–Trinajstić information content (AvgIpc) is 3.05. The van der Waals surface area contributed by atoms with Crippen LogP contribution in [0.3, 0.4) is 0 Å². The molecule has 22 heavy (non-hydrogen) atoms. The molecule has 1 aliphatic rings. The van der Waals surface area contributed by atoms with Crippen molar-refractivity contribution in [3.8, 4) is 0 Å². The van der Waals surface area contributed by atoms with Crippen LogP contribution in [0, 0.1) is 13.8 Å². The highest BCUT2D eigenvalue weighted by molar-refractivity contribution is 6.04. The number of amides is 1. The van der Waals surface area contributed by atoms with Gasteiger partial charge in [-0.15, -0.1) is 0 Å². The van der Waals surface area contributed by atoms with Gasteiger partial charge in [0.1, 0.15) is 17.8 Å². The molecule has 1 amide bonds. The van der Waals surface area contributed by atoms with Gasteiger partial charge in [0.25, 0.3) is 5.91 Å². The average molecular weight is 296 g/mol. The fraction of sp³-hybridized carbons (Fsp3) is 0.353. The molecule has 0 bridgehead atoms. The molecule has 3 rings (SSSR count). The molecule has 1 N–H and O–H groups in total. The first-order valence-electron chi connectivity index (χ1n) is 7.60. The number of benzene rings is 1. The Kier molecular flexibility index (Phi) is 4.04. The van der Waals surface area contributed by atoms with E-state index in [4.69, 9.17) is 0 Å². The van der Waals surface area contributed by atoms with Gasteiger partial charge in [0, 0.05) is 24.8 Å². The second kappa shape index (κ2) is 6.13. The lowest BCUT2D eigenvalue weighted by atomic mass is 10.1. The highest BCUT2D eigenvalue weighted by Gasteiger charge is 2.17. The lowest BCUT2D eigenvalue weighted by Gasteiger charge is -2.16. The minimum Gasteiger partial charge on any atom is -0.357 e. The Morgan fingerprint density at radius 2 is 1.82 bits per heavy atom. The van der Waals surface area contributed by atoms with E-state index >= 15 is 0 Å². The van der Waals surface area contributed by atoms with Crippen molar-refractivity contribution in [1.82, 2.24) is 9.97 Å². The number of carbonyl (C=O) groups is 1. The topological polar surface area (TPSA) is 58.1 Å². The third-order valence-electron chi connectivity index (χ3n) is 4.03. The van der Waals surface area contributed by atoms with Crippen LogP contribution in [0.1, 0.15) is 34.5 Å². The minimum atomic E-state index is -0.194. The summed E-state index contributed by atoms with van der Waals surface area (Å²) in [6.07, 6.45) is 3.81. The SMILES string of the molecule is Cc1cccc(C)c1NC(=O)c1cc(N2CCCC2)ncn1. The quantitative estimate of drug-likeness (QED) is 0.946. The number of nitrogens with zero attached hydrogens (tertiary/aromatic N) is 3. The van der Waals surface area contributed by atoms with Gasteiger partial charge in [-0.2, -0.15) is 0 Å². The van der Waals surface area contributed by atoms with Gasteiger partial charge in [0.15, 0.2) is 0 Å². The molecule has 0 atom stereocenters. The second-order valence-corrected chi connectivity index (χ2v) is 5.68. The van der Waals surface area contributed by atoms with Crippen LogP contribution in [0.15, 0.2) is 30.6 Å². The molecule has 0 spiro atoms. The van der Waals surface area contributed by atoms with Crippen LogP contribution in [0.2, 0.25) is 0 Å². The first-order valence-corrected chi connectivity index (χ1v) is 7.60. The highest BCUT2D eigenvalue weighted by Crippen LogP contribution is 2.21. The summed E-state index contributed by atoms with van der Waals surface area (Å²) in [6.45, 7) is 5.96. The summed E-state index contributed by atoms with van der Waals surface area (Å²) in [5.74, 6) is 0.638. The van der Waals surface area contributed by atoms with Crippen molar-refractivity contribution < 1.29 is 4.79 Å². The van der Waals surface area contributed by atoms with Crippen molar-refractivity contribution in [2.45, 2.75) is 26.7 Å². The summed E-state index contributed by atoms with van der Waals surface area (Å²) in [4.78, 5) is 23.1. The van der Waals surface area contributed by atoms with Gasteiger partial charge in [-0.25, -0.2) is 9.97 Å². The normalized spacial score (nSPS) is 14.2. The second-order valence-electron chi connectivity index (χ2n) is 5.68. The molecule has 1 saturated heterocycles. The summed E-state index contributed by atoms with van der Waals surface area (Å²) >= 11 is 0. The molecule has 0 radical (unpaired) electrons. The molecular formula is C17H20N4O. The van der Waals surface area contributed by atoms with Gasteiger partial charge in [-0.3, -0.25) is 4.79 Å². The molecule has 1 aromatic heterocycles. The molecule has 1 fully saturated rings. The maximum atomic E-state index is 12.5. The van der Waals surface area contributed by atoms with Crippen LogP contribution >= 0.6 is 0 Å². The smallest absolute Gasteiger partial charge is 0.274 e. The van der Waals surface area contributed by atoms with Gasteiger partial charge < -0.3 is 10.2 Å². The molecular weight excluding hydrogens is 276 g/mol. The molecule has 1 aromatic carbocycles. The van der Waals surface area contributed by atoms with Gasteiger partial charge in [-0.1, -0.05) is 18.2 Å². The number of carbonyl (C=O) groups excluding carboxylic acids is 1. The fourth-order valence-electron chi connectivity index (χ4n) is 2.78. The third kappa shape index (κ3) is 2.93. The molecule has 0 aliphatic carbocycles. The molecule has 2 heterocycles. The van der Waals surface area contributed by atoms with Crippen molar-refractivity contribution in [1.29, 1.82) is 0 Å². The molecule has 5 heteroatoms. The van der Waals surface area contributed by atoms with E-state index in [1.165, 1.54) is 19.2 Å². The zero-order valence-corrected chi connectivity index (χ0v) is 13.0. The number of rotatable bonds is 3. The number of hydrogen-bond donors (Lipinski definition) is 1. The number of hydrogen-bond acceptors (Lipinski definition) is 4. The summed E-state index contributed by atoms with van der Waals surface area (Å²) in [5.41, 5.74) is 3.35. The van der Waals surface area contributed by atoms with E-state index in [9.17, 15) is 4.79 Å². The number of nitrogens with one attached hydrogen (secondary N) is 1. The van der Waals surface area contributed by atoms with Gasteiger partial charge >= 0.3 is 0 Å². The molecule has 0 unspecified atom stereocenters. The van der Waals surface area contributed by atoms with Crippen LogP contribution in [0.4, 0.5) is 11.5 Å². The van der Waals surface area contributed by atoms with Crippen LogP contribution in [0.5, 0.6) is 0 Å². The van der Waals surface area contributed by atoms with Crippen LogP contribution < -0.4 is 10.2 Å². The zero-order chi connectivity index (χ0) is 15.5. The largest absolute Gasteiger partial charge is 0.357 e. The Bertz CT molecular complexity index is 673. The Morgan fingerprint density at radius 3 is 2.50 bits per heavy atom. The predicted octanol–water partition coefficient (Wildman–Crippen LogP) is 2.95. The molecule has 1 aliphatic heterocycles. The van der Waals surface area contributed by atoms with E-state index in [-0.39, 0.29) is 5.91 Å². The molecule has 114 valence electrons. The van der Waals surface area contributed by atoms with Gasteiger partial charge in [0.2, 0.25) is 0 Å². The van der Waals surface area contributed by atoms with Gasteiger partial charge in [-0.05, 0) is 37.8 Å². The van der Waals surface area contributed by atoms with Crippen molar-refractivity contribution >= 4 is 17.4 Å². The van der Waals surface area contributed by atoms with Crippen molar-refractivity contribution in [3.63, 3.8) is 0 Å². The van der Waals surface area contributed by atoms with Gasteiger partial charge in [0.05, 0.1) is 0 Å². The van der Waals surface area contributed by atoms with E-state index in [2.05, 4.69) is 20.2 Å². The van der Waals surface area contributed by atoms with E-state index in [0.29, 0.717) is 5.69 Å². The maximum absolute atomic E-state index is 12.5. The molecule has 5 nitrogen and oxygen atoms in total. The Balaban J connectivity index is 1.82. The highest BCUT2D eigenvalue weighted by atomic mass is 16.1. The summed E-state index contributed by atoms with van der Waals surface area (Å²) in [7, 11) is 0. The lowest BCUT2D eigenvalue weighted by molar-refractivity contribution is 0.102. The fourth-order valence-corrected chi connectivity index (χ4v) is 2.78. The first kappa shape index (κ1) is 14.5. The van der Waals surface area contributed by atoms with Crippen LogP contribution in [-0.2, 0) is 0 Å². The Hall–Kier alpha value is -2.43. The number of para-hydroxylation sites is 1. The van der Waals surface area contributed by atoms with Crippen LogP contribution in [-0.4, -0.2) is 29.0 Å². The van der Waals surface area contributed by atoms with Crippen LogP contribution in [0.25, 0.3) is 0 Å². The van der Waals surface area contributed by atoms with Crippen molar-refractivity contribution in [3.05, 3.63) is 47.4 Å². The molecule has 2 aromatic rings. The monoisotopic (exact) mass is 296 g/mol. The standard InChI is InChI=1S/C17H20N4O/c1-12-6-5-7-13(2)16(12)20-17(22)14-10-15(19-11-18-14)21-8-3-4-9-21/h5-7,10-11H,3-4,8-9H2,1-2H3,(H,20,22). The number of aromatic nitrogens is 2. The Morgan fingerprint density at radius 1 is 1.14 bits per heavy atom. The number of anilines is 2. The first-order chi connectivity index (χ1) is 10.6. The molecule has 0 saturated carbocycles. The minimum absolute atomic E-state index is 0.194. The number of aryl methyl sites for hydroxylation is 2.